The van der Waals surface area contributed by atoms with E-state index < -0.39 is 0 Å². The Balaban J connectivity index is 1.80. The molecule has 0 aromatic carbocycles. The van der Waals surface area contributed by atoms with Crippen LogP contribution in [0.5, 0.6) is 0 Å². The molecule has 0 amide bonds. The van der Waals surface area contributed by atoms with Gasteiger partial charge in [0.2, 0.25) is 0 Å². The summed E-state index contributed by atoms with van der Waals surface area (Å²) in [7, 11) is 0. The van der Waals surface area contributed by atoms with E-state index >= 15 is 0 Å². The van der Waals surface area contributed by atoms with Gasteiger partial charge in [0.25, 0.3) is 0 Å². The van der Waals surface area contributed by atoms with Gasteiger partial charge in [0.1, 0.15) is 0 Å². The van der Waals surface area contributed by atoms with Crippen LogP contribution in [0, 0.1) is 11.8 Å². The fraction of sp³-hybridized carbons (Fsp3) is 1.00. The highest BCUT2D eigenvalue weighted by atomic mass is 16.5. The summed E-state index contributed by atoms with van der Waals surface area (Å²) in [5, 5.41) is 0. The molecule has 2 aliphatic rings. The fourth-order valence-corrected chi connectivity index (χ4v) is 3.51. The molecule has 2 heteroatoms. The van der Waals surface area contributed by atoms with E-state index in [1.54, 1.807) is 0 Å². The van der Waals surface area contributed by atoms with E-state index in [2.05, 4.69) is 13.8 Å². The first-order chi connectivity index (χ1) is 8.09. The van der Waals surface area contributed by atoms with Gasteiger partial charge in [-0.2, -0.15) is 0 Å². The first-order valence-electron chi connectivity index (χ1n) is 7.49. The van der Waals surface area contributed by atoms with Crippen molar-refractivity contribution in [3.63, 3.8) is 0 Å². The van der Waals surface area contributed by atoms with Crippen molar-refractivity contribution in [1.29, 1.82) is 0 Å². The van der Waals surface area contributed by atoms with Crippen LogP contribution in [0.25, 0.3) is 0 Å². The molecule has 100 valence electrons. The van der Waals surface area contributed by atoms with Gasteiger partial charge >= 0.3 is 0 Å². The van der Waals surface area contributed by atoms with Crippen molar-refractivity contribution in [2.45, 2.75) is 76.9 Å². The van der Waals surface area contributed by atoms with Crippen molar-refractivity contribution in [2.24, 2.45) is 17.6 Å². The van der Waals surface area contributed by atoms with Gasteiger partial charge in [-0.15, -0.1) is 0 Å². The van der Waals surface area contributed by atoms with Crippen LogP contribution in [0.3, 0.4) is 0 Å². The van der Waals surface area contributed by atoms with Gasteiger partial charge in [-0.3, -0.25) is 0 Å². The van der Waals surface area contributed by atoms with E-state index in [9.17, 15) is 0 Å². The number of hydrogen-bond acceptors (Lipinski definition) is 2. The Morgan fingerprint density at radius 3 is 2.41 bits per heavy atom. The molecule has 1 saturated carbocycles. The smallest absolute Gasteiger partial charge is 0.0592 e. The molecular weight excluding hydrogens is 210 g/mol. The van der Waals surface area contributed by atoms with Crippen LogP contribution in [0.2, 0.25) is 0 Å². The molecule has 17 heavy (non-hydrogen) atoms. The molecule has 1 atom stereocenters. The number of ether oxygens (including phenoxy) is 1. The zero-order valence-corrected chi connectivity index (χ0v) is 11.6. The van der Waals surface area contributed by atoms with Crippen molar-refractivity contribution >= 4 is 0 Å². The summed E-state index contributed by atoms with van der Waals surface area (Å²) in [4.78, 5) is 0. The number of rotatable bonds is 3. The van der Waals surface area contributed by atoms with E-state index in [4.69, 9.17) is 10.5 Å². The lowest BCUT2D eigenvalue weighted by atomic mass is 9.71. The Morgan fingerprint density at radius 2 is 1.88 bits per heavy atom. The molecule has 0 aromatic rings. The van der Waals surface area contributed by atoms with Crippen molar-refractivity contribution in [2.75, 3.05) is 6.61 Å². The molecule has 0 radical (unpaired) electrons. The van der Waals surface area contributed by atoms with Crippen LogP contribution in [0.15, 0.2) is 0 Å². The molecular formula is C15H29NO. The molecule has 0 spiro atoms. The molecule has 2 fully saturated rings. The normalized spacial score (nSPS) is 39.5. The van der Waals surface area contributed by atoms with Crippen LogP contribution in [0.4, 0.5) is 0 Å². The third-order valence-corrected chi connectivity index (χ3v) is 4.88. The van der Waals surface area contributed by atoms with Crippen LogP contribution < -0.4 is 5.73 Å². The van der Waals surface area contributed by atoms with Gasteiger partial charge < -0.3 is 10.5 Å². The Kier molecular flexibility index (Phi) is 4.48. The summed E-state index contributed by atoms with van der Waals surface area (Å²) in [6.07, 6.45) is 10.4. The summed E-state index contributed by atoms with van der Waals surface area (Å²) < 4.78 is 5.84. The van der Waals surface area contributed by atoms with Crippen molar-refractivity contribution < 1.29 is 4.74 Å². The predicted molar refractivity (Wildman–Crippen MR) is 71.9 cm³/mol. The Labute approximate surface area is 106 Å². The summed E-state index contributed by atoms with van der Waals surface area (Å²) >= 11 is 0. The third kappa shape index (κ3) is 3.69. The van der Waals surface area contributed by atoms with E-state index in [1.165, 1.54) is 44.9 Å². The van der Waals surface area contributed by atoms with Gasteiger partial charge in [0.05, 0.1) is 6.10 Å². The maximum absolute atomic E-state index is 6.57. The molecule has 1 saturated heterocycles. The SMILES string of the molecule is CC(C)C1CCC(N)(CC2CCCCO2)CC1. The minimum absolute atomic E-state index is 0.0768. The minimum atomic E-state index is 0.0768. The third-order valence-electron chi connectivity index (χ3n) is 4.88. The molecule has 1 aliphatic carbocycles. The largest absolute Gasteiger partial charge is 0.378 e. The molecule has 0 bridgehead atoms. The zero-order chi connectivity index (χ0) is 12.3. The first kappa shape index (κ1) is 13.4. The average Bonchev–Trinajstić information content (AvgIpc) is 2.30. The highest BCUT2D eigenvalue weighted by molar-refractivity contribution is 4.92. The van der Waals surface area contributed by atoms with Crippen LogP contribution in [-0.2, 0) is 4.74 Å². The molecule has 2 nitrogen and oxygen atoms in total. The molecule has 2 N–H and O–H groups in total. The van der Waals surface area contributed by atoms with Crippen LogP contribution >= 0.6 is 0 Å². The van der Waals surface area contributed by atoms with E-state index in [-0.39, 0.29) is 5.54 Å². The Hall–Kier alpha value is -0.0800. The highest BCUT2D eigenvalue weighted by Crippen LogP contribution is 2.37. The molecule has 2 rings (SSSR count). The highest BCUT2D eigenvalue weighted by Gasteiger charge is 2.35. The fourth-order valence-electron chi connectivity index (χ4n) is 3.51. The predicted octanol–water partition coefficient (Wildman–Crippen LogP) is 3.49. The van der Waals surface area contributed by atoms with E-state index in [0.29, 0.717) is 6.10 Å². The van der Waals surface area contributed by atoms with Crippen molar-refractivity contribution in [1.82, 2.24) is 0 Å². The van der Waals surface area contributed by atoms with E-state index in [1.807, 2.05) is 0 Å². The average molecular weight is 239 g/mol. The van der Waals surface area contributed by atoms with Crippen LogP contribution in [0.1, 0.15) is 65.2 Å². The monoisotopic (exact) mass is 239 g/mol. The van der Waals surface area contributed by atoms with Crippen molar-refractivity contribution in [3.8, 4) is 0 Å². The maximum atomic E-state index is 6.57. The lowest BCUT2D eigenvalue weighted by Crippen LogP contribution is -2.47. The van der Waals surface area contributed by atoms with Gasteiger partial charge in [-0.25, -0.2) is 0 Å². The number of nitrogens with two attached hydrogens (primary N) is 1. The molecule has 1 unspecified atom stereocenters. The summed E-state index contributed by atoms with van der Waals surface area (Å²) in [5.41, 5.74) is 6.65. The maximum Gasteiger partial charge on any atom is 0.0592 e. The van der Waals surface area contributed by atoms with Gasteiger partial charge in [-0.05, 0) is 63.2 Å². The second kappa shape index (κ2) is 5.71. The van der Waals surface area contributed by atoms with Gasteiger partial charge in [-0.1, -0.05) is 13.8 Å². The van der Waals surface area contributed by atoms with Gasteiger partial charge in [0.15, 0.2) is 0 Å². The van der Waals surface area contributed by atoms with Crippen molar-refractivity contribution in [3.05, 3.63) is 0 Å². The molecule has 1 heterocycles. The summed E-state index contributed by atoms with van der Waals surface area (Å²) in [6.45, 7) is 5.65. The quantitative estimate of drug-likeness (QED) is 0.818. The minimum Gasteiger partial charge on any atom is -0.378 e. The zero-order valence-electron chi connectivity index (χ0n) is 11.6. The second-order valence-corrected chi connectivity index (χ2v) is 6.64. The second-order valence-electron chi connectivity index (χ2n) is 6.64. The van der Waals surface area contributed by atoms with Crippen LogP contribution in [-0.4, -0.2) is 18.2 Å². The molecule has 0 aromatic heterocycles. The summed E-state index contributed by atoms with van der Waals surface area (Å²) in [6, 6.07) is 0. The van der Waals surface area contributed by atoms with E-state index in [0.717, 1.165) is 24.9 Å². The summed E-state index contributed by atoms with van der Waals surface area (Å²) in [5.74, 6) is 1.73. The Bertz CT molecular complexity index is 225. The number of hydrogen-bond donors (Lipinski definition) is 1. The lowest BCUT2D eigenvalue weighted by Gasteiger charge is -2.41. The first-order valence-corrected chi connectivity index (χ1v) is 7.49. The molecule has 1 aliphatic heterocycles. The topological polar surface area (TPSA) is 35.2 Å². The lowest BCUT2D eigenvalue weighted by molar-refractivity contribution is -0.00922. The Morgan fingerprint density at radius 1 is 1.18 bits per heavy atom. The standard InChI is InChI=1S/C15H29NO/c1-12(2)13-6-8-15(16,9-7-13)11-14-5-3-4-10-17-14/h12-14H,3-11,16H2,1-2H3. The van der Waals surface area contributed by atoms with Gasteiger partial charge in [0, 0.05) is 12.1 Å².